The Kier molecular flexibility index (Phi) is 5.48. The average Bonchev–Trinajstić information content (AvgIpc) is 2.55. The number of benzene rings is 2. The summed E-state index contributed by atoms with van der Waals surface area (Å²) in [5.74, 6) is 1.76. The first-order valence-electron chi connectivity index (χ1n) is 6.74. The van der Waals surface area contributed by atoms with Gasteiger partial charge in [0.05, 0.1) is 21.3 Å². The van der Waals surface area contributed by atoms with E-state index in [-0.39, 0.29) is 5.75 Å². The molecule has 0 amide bonds. The van der Waals surface area contributed by atoms with Gasteiger partial charge in [-0.3, -0.25) is 0 Å². The van der Waals surface area contributed by atoms with Gasteiger partial charge in [-0.05, 0) is 36.5 Å². The van der Waals surface area contributed by atoms with Gasteiger partial charge in [0.2, 0.25) is 5.75 Å². The Labute approximate surface area is 140 Å². The smallest absolute Gasteiger partial charge is 0.203 e. The van der Waals surface area contributed by atoms with Crippen LogP contribution in [-0.4, -0.2) is 31.5 Å². The number of rotatable bonds is 5. The molecule has 0 aliphatic rings. The molecule has 0 aliphatic carbocycles. The number of phenols is 1. The molecule has 2 aromatic rings. The molecule has 0 radical (unpaired) electrons. The first kappa shape index (κ1) is 16.7. The largest absolute Gasteiger partial charge is 0.508 e. The number of anilines is 2. The second kappa shape index (κ2) is 7.55. The molecule has 0 saturated carbocycles. The number of hydrogen-bond acceptors (Lipinski definition) is 5. The van der Waals surface area contributed by atoms with Crippen LogP contribution in [0.1, 0.15) is 0 Å². The summed E-state index contributed by atoms with van der Waals surface area (Å²) >= 11 is 5.27. The second-order valence-corrected chi connectivity index (χ2v) is 4.95. The number of thiocarbonyl (C=S) groups is 1. The van der Waals surface area contributed by atoms with Crippen molar-refractivity contribution in [3.05, 3.63) is 36.4 Å². The minimum Gasteiger partial charge on any atom is -0.508 e. The fraction of sp³-hybridized carbons (Fsp3) is 0.188. The first-order valence-corrected chi connectivity index (χ1v) is 7.15. The van der Waals surface area contributed by atoms with Crippen LogP contribution in [0.5, 0.6) is 23.0 Å². The molecular formula is C16H18N2O4S. The number of methoxy groups -OCH3 is 3. The quantitative estimate of drug-likeness (QED) is 0.573. The van der Waals surface area contributed by atoms with E-state index in [4.69, 9.17) is 26.4 Å². The molecule has 2 rings (SSSR count). The fourth-order valence-electron chi connectivity index (χ4n) is 1.99. The van der Waals surface area contributed by atoms with E-state index in [0.717, 1.165) is 5.69 Å². The Morgan fingerprint density at radius 3 is 1.87 bits per heavy atom. The molecule has 6 nitrogen and oxygen atoms in total. The van der Waals surface area contributed by atoms with Gasteiger partial charge in [0.25, 0.3) is 0 Å². The third-order valence-electron chi connectivity index (χ3n) is 3.05. The van der Waals surface area contributed by atoms with Crippen LogP contribution in [0.15, 0.2) is 36.4 Å². The number of nitrogens with one attached hydrogen (secondary N) is 2. The third kappa shape index (κ3) is 4.17. The van der Waals surface area contributed by atoms with Gasteiger partial charge in [-0.15, -0.1) is 0 Å². The molecule has 0 fully saturated rings. The predicted octanol–water partition coefficient (Wildman–Crippen LogP) is 3.23. The Morgan fingerprint density at radius 2 is 1.39 bits per heavy atom. The van der Waals surface area contributed by atoms with Crippen LogP contribution in [0.25, 0.3) is 0 Å². The van der Waals surface area contributed by atoms with Gasteiger partial charge >= 0.3 is 0 Å². The highest BCUT2D eigenvalue weighted by Gasteiger charge is 2.13. The minimum atomic E-state index is 0.194. The van der Waals surface area contributed by atoms with E-state index >= 15 is 0 Å². The highest BCUT2D eigenvalue weighted by molar-refractivity contribution is 7.80. The Balaban J connectivity index is 2.15. The van der Waals surface area contributed by atoms with Crippen molar-refractivity contribution >= 4 is 28.7 Å². The zero-order valence-corrected chi connectivity index (χ0v) is 13.9. The SMILES string of the molecule is COc1cc(NC(=S)Nc2ccc(O)cc2)cc(OC)c1OC. The van der Waals surface area contributed by atoms with E-state index in [0.29, 0.717) is 28.0 Å². The summed E-state index contributed by atoms with van der Waals surface area (Å²) in [5.41, 5.74) is 1.45. The van der Waals surface area contributed by atoms with Crippen LogP contribution in [-0.2, 0) is 0 Å². The maximum absolute atomic E-state index is 9.27. The van der Waals surface area contributed by atoms with E-state index in [1.54, 1.807) is 57.7 Å². The summed E-state index contributed by atoms with van der Waals surface area (Å²) in [4.78, 5) is 0. The lowest BCUT2D eigenvalue weighted by Crippen LogP contribution is -2.19. The summed E-state index contributed by atoms with van der Waals surface area (Å²) < 4.78 is 15.9. The molecule has 0 atom stereocenters. The van der Waals surface area contributed by atoms with Crippen LogP contribution in [0, 0.1) is 0 Å². The fourth-order valence-corrected chi connectivity index (χ4v) is 2.23. The van der Waals surface area contributed by atoms with Gasteiger partial charge in [0, 0.05) is 23.5 Å². The Morgan fingerprint density at radius 1 is 0.870 bits per heavy atom. The molecular weight excluding hydrogens is 316 g/mol. The molecule has 23 heavy (non-hydrogen) atoms. The van der Waals surface area contributed by atoms with E-state index in [1.165, 1.54) is 0 Å². The monoisotopic (exact) mass is 334 g/mol. The standard InChI is InChI=1S/C16H18N2O4S/c1-20-13-8-11(9-14(21-2)15(13)22-3)18-16(23)17-10-4-6-12(19)7-5-10/h4-9,19H,1-3H3,(H2,17,18,23). The molecule has 0 saturated heterocycles. The van der Waals surface area contributed by atoms with Crippen molar-refractivity contribution in [3.8, 4) is 23.0 Å². The summed E-state index contributed by atoms with van der Waals surface area (Å²) in [6.07, 6.45) is 0. The van der Waals surface area contributed by atoms with E-state index in [9.17, 15) is 5.11 Å². The molecule has 0 bridgehead atoms. The van der Waals surface area contributed by atoms with E-state index in [1.807, 2.05) is 0 Å². The first-order chi connectivity index (χ1) is 11.1. The van der Waals surface area contributed by atoms with Crippen LogP contribution >= 0.6 is 12.2 Å². The topological polar surface area (TPSA) is 72.0 Å². The van der Waals surface area contributed by atoms with Gasteiger partial charge in [-0.2, -0.15) is 0 Å². The number of phenolic OH excluding ortho intramolecular Hbond substituents is 1. The summed E-state index contributed by atoms with van der Waals surface area (Å²) in [5, 5.41) is 15.7. The third-order valence-corrected chi connectivity index (χ3v) is 3.25. The van der Waals surface area contributed by atoms with Gasteiger partial charge in [0.15, 0.2) is 16.6 Å². The molecule has 0 aromatic heterocycles. The van der Waals surface area contributed by atoms with Gasteiger partial charge in [-0.1, -0.05) is 0 Å². The van der Waals surface area contributed by atoms with E-state index < -0.39 is 0 Å². The Hall–Kier alpha value is -2.67. The Bertz CT molecular complexity index is 664. The number of ether oxygens (including phenoxy) is 3. The van der Waals surface area contributed by atoms with Crippen LogP contribution < -0.4 is 24.8 Å². The summed E-state index contributed by atoms with van der Waals surface area (Å²) in [7, 11) is 4.65. The van der Waals surface area contributed by atoms with Crippen molar-refractivity contribution in [1.82, 2.24) is 0 Å². The lowest BCUT2D eigenvalue weighted by Gasteiger charge is -2.16. The van der Waals surface area contributed by atoms with Gasteiger partial charge < -0.3 is 30.0 Å². The number of aromatic hydroxyl groups is 1. The second-order valence-electron chi connectivity index (χ2n) is 4.54. The van der Waals surface area contributed by atoms with E-state index in [2.05, 4.69) is 10.6 Å². The van der Waals surface area contributed by atoms with Crippen LogP contribution in [0.4, 0.5) is 11.4 Å². The predicted molar refractivity (Wildman–Crippen MR) is 94.0 cm³/mol. The average molecular weight is 334 g/mol. The van der Waals surface area contributed by atoms with Crippen molar-refractivity contribution in [2.45, 2.75) is 0 Å². The van der Waals surface area contributed by atoms with Crippen molar-refractivity contribution in [1.29, 1.82) is 0 Å². The maximum atomic E-state index is 9.27. The molecule has 0 unspecified atom stereocenters. The van der Waals surface area contributed by atoms with Gasteiger partial charge in [0.1, 0.15) is 5.75 Å². The highest BCUT2D eigenvalue weighted by Crippen LogP contribution is 2.39. The van der Waals surface area contributed by atoms with Crippen LogP contribution in [0.3, 0.4) is 0 Å². The number of hydrogen-bond donors (Lipinski definition) is 3. The molecule has 0 spiro atoms. The zero-order valence-electron chi connectivity index (χ0n) is 13.0. The van der Waals surface area contributed by atoms with Crippen molar-refractivity contribution in [3.63, 3.8) is 0 Å². The summed E-state index contributed by atoms with van der Waals surface area (Å²) in [6.45, 7) is 0. The van der Waals surface area contributed by atoms with Crippen molar-refractivity contribution in [2.24, 2.45) is 0 Å². The summed E-state index contributed by atoms with van der Waals surface area (Å²) in [6, 6.07) is 10.1. The molecule has 0 aliphatic heterocycles. The minimum absolute atomic E-state index is 0.194. The molecule has 122 valence electrons. The normalized spacial score (nSPS) is 9.87. The molecule has 0 heterocycles. The molecule has 2 aromatic carbocycles. The zero-order chi connectivity index (χ0) is 16.8. The van der Waals surface area contributed by atoms with Crippen molar-refractivity contribution in [2.75, 3.05) is 32.0 Å². The highest BCUT2D eigenvalue weighted by atomic mass is 32.1. The lowest BCUT2D eigenvalue weighted by molar-refractivity contribution is 0.324. The van der Waals surface area contributed by atoms with Gasteiger partial charge in [-0.25, -0.2) is 0 Å². The lowest BCUT2D eigenvalue weighted by atomic mass is 10.2. The van der Waals surface area contributed by atoms with Crippen molar-refractivity contribution < 1.29 is 19.3 Å². The molecule has 7 heteroatoms. The van der Waals surface area contributed by atoms with Crippen LogP contribution in [0.2, 0.25) is 0 Å². The molecule has 3 N–H and O–H groups in total. The maximum Gasteiger partial charge on any atom is 0.203 e.